The molecule has 3 aliphatic rings. The zero-order valence-electron chi connectivity index (χ0n) is 31.2. The highest BCUT2D eigenvalue weighted by Crippen LogP contribution is 2.51. The van der Waals surface area contributed by atoms with Crippen LogP contribution in [0.2, 0.25) is 0 Å². The van der Waals surface area contributed by atoms with Crippen LogP contribution < -0.4 is 20.3 Å². The lowest BCUT2D eigenvalue weighted by atomic mass is 9.91. The summed E-state index contributed by atoms with van der Waals surface area (Å²) in [7, 11) is 0. The molecule has 1 unspecified atom stereocenters. The van der Waals surface area contributed by atoms with Gasteiger partial charge in [-0.15, -0.1) is 11.3 Å². The molecule has 1 amide bonds. The zero-order chi connectivity index (χ0) is 40.9. The van der Waals surface area contributed by atoms with Gasteiger partial charge in [-0.25, -0.2) is 18.0 Å². The van der Waals surface area contributed by atoms with E-state index in [4.69, 9.17) is 23.7 Å². The molecule has 7 rings (SSSR count). The van der Waals surface area contributed by atoms with Crippen molar-refractivity contribution in [3.05, 3.63) is 45.2 Å². The highest BCUT2D eigenvalue weighted by molar-refractivity contribution is 7.23. The van der Waals surface area contributed by atoms with Crippen molar-refractivity contribution in [2.24, 2.45) is 0 Å². The maximum absolute atomic E-state index is 17.2. The minimum atomic E-state index is -5.42. The van der Waals surface area contributed by atoms with E-state index in [0.29, 0.717) is 37.3 Å². The molecule has 0 radical (unpaired) electrons. The van der Waals surface area contributed by atoms with Gasteiger partial charge in [0.1, 0.15) is 64.1 Å². The Hall–Kier alpha value is -4.64. The number of amides is 1. The zero-order valence-corrected chi connectivity index (χ0v) is 32.0. The summed E-state index contributed by atoms with van der Waals surface area (Å²) in [5.41, 5.74) is -7.84. The van der Waals surface area contributed by atoms with Crippen molar-refractivity contribution in [1.29, 1.82) is 5.26 Å². The molecule has 19 heteroatoms. The van der Waals surface area contributed by atoms with Crippen LogP contribution in [0, 0.1) is 23.0 Å². The van der Waals surface area contributed by atoms with Crippen molar-refractivity contribution >= 4 is 43.4 Å². The Morgan fingerprint density at radius 1 is 1.16 bits per heavy atom. The third kappa shape index (κ3) is 8.09. The number of aromatic amines is 1. The number of alkyl halides is 4. The van der Waals surface area contributed by atoms with Crippen LogP contribution in [0.3, 0.4) is 0 Å². The molecule has 57 heavy (non-hydrogen) atoms. The average Bonchev–Trinajstić information content (AvgIpc) is 3.79. The lowest BCUT2D eigenvalue weighted by Gasteiger charge is -2.30. The number of fused-ring (bicyclic) bond motifs is 3. The fraction of sp³-hybridized carbons (Fsp3) is 0.526. The van der Waals surface area contributed by atoms with Crippen LogP contribution in [0.25, 0.3) is 32.1 Å². The second kappa shape index (κ2) is 15.6. The van der Waals surface area contributed by atoms with Crippen LogP contribution in [0.1, 0.15) is 70.4 Å². The Balaban J connectivity index is 1.40. The third-order valence-corrected chi connectivity index (χ3v) is 11.2. The Morgan fingerprint density at radius 3 is 2.65 bits per heavy atom. The summed E-state index contributed by atoms with van der Waals surface area (Å²) in [4.78, 5) is 34.8. The van der Waals surface area contributed by atoms with E-state index in [1.54, 1.807) is 26.8 Å². The van der Waals surface area contributed by atoms with E-state index in [-0.39, 0.29) is 35.9 Å². The smallest absolute Gasteiger partial charge is 0.420 e. The maximum Gasteiger partial charge on any atom is 0.420 e. The fourth-order valence-electron chi connectivity index (χ4n) is 7.81. The summed E-state index contributed by atoms with van der Waals surface area (Å²) < 4.78 is 121. The van der Waals surface area contributed by atoms with Gasteiger partial charge in [-0.05, 0) is 71.0 Å². The molecule has 0 aliphatic carbocycles. The second-order valence-electron chi connectivity index (χ2n) is 15.2. The molecule has 2 N–H and O–H groups in total. The molecule has 0 spiro atoms. The number of nitrogens with zero attached hydrogens (tertiary/aromatic N) is 3. The summed E-state index contributed by atoms with van der Waals surface area (Å²) in [5, 5.41) is 11.0. The minimum Gasteiger partial charge on any atom is -0.490 e. The molecule has 0 saturated carbocycles. The first kappa shape index (κ1) is 40.6. The van der Waals surface area contributed by atoms with Crippen LogP contribution >= 0.6 is 11.3 Å². The van der Waals surface area contributed by atoms with E-state index in [1.807, 2.05) is 4.90 Å². The monoisotopic (exact) mass is 823 g/mol. The molecule has 2 aromatic heterocycles. The van der Waals surface area contributed by atoms with Gasteiger partial charge in [-0.2, -0.15) is 23.4 Å². The van der Waals surface area contributed by atoms with Crippen molar-refractivity contribution in [2.45, 2.75) is 89.1 Å². The second-order valence-corrected chi connectivity index (χ2v) is 16.2. The summed E-state index contributed by atoms with van der Waals surface area (Å²) in [6.07, 6.45) is -4.53. The highest BCUT2D eigenvalue weighted by atomic mass is 32.1. The molecular weight excluding hydrogens is 785 g/mol. The van der Waals surface area contributed by atoms with Crippen molar-refractivity contribution in [1.82, 2.24) is 14.9 Å². The highest BCUT2D eigenvalue weighted by Gasteiger charge is 2.49. The van der Waals surface area contributed by atoms with Gasteiger partial charge in [0.05, 0.1) is 22.4 Å². The van der Waals surface area contributed by atoms with Gasteiger partial charge in [0.25, 0.3) is 11.6 Å². The molecule has 3 fully saturated rings. The molecule has 4 aromatic rings. The molecule has 2 aromatic carbocycles. The van der Waals surface area contributed by atoms with E-state index in [9.17, 15) is 19.2 Å². The number of carbonyl (C=O) groups is 1. The number of benzene rings is 2. The lowest BCUT2D eigenvalue weighted by Crippen LogP contribution is -2.43. The van der Waals surface area contributed by atoms with E-state index < -0.39 is 110 Å². The van der Waals surface area contributed by atoms with E-state index >= 15 is 22.0 Å². The van der Waals surface area contributed by atoms with Crippen molar-refractivity contribution in [3.8, 4) is 29.0 Å². The minimum absolute atomic E-state index is 0.145. The largest absolute Gasteiger partial charge is 0.490 e. The Labute approximate surface area is 326 Å². The summed E-state index contributed by atoms with van der Waals surface area (Å²) >= 11 is 0.532. The van der Waals surface area contributed by atoms with Crippen LogP contribution in [0.4, 0.5) is 36.1 Å². The van der Waals surface area contributed by atoms with Gasteiger partial charge >= 0.3 is 12.3 Å². The first-order chi connectivity index (χ1) is 27.0. The Kier molecular flexibility index (Phi) is 11.1. The predicted molar refractivity (Wildman–Crippen MR) is 196 cm³/mol. The van der Waals surface area contributed by atoms with Crippen molar-refractivity contribution in [3.63, 3.8) is 0 Å². The van der Waals surface area contributed by atoms with E-state index in [2.05, 4.69) is 15.3 Å². The van der Waals surface area contributed by atoms with Crippen LogP contribution in [-0.4, -0.2) is 84.1 Å². The Bertz CT molecular complexity index is 2300. The quantitative estimate of drug-likeness (QED) is 0.119. The summed E-state index contributed by atoms with van der Waals surface area (Å²) in [6, 6.07) is 2.92. The number of hydrogen-bond donors (Lipinski definition) is 2. The fourth-order valence-corrected chi connectivity index (χ4v) is 8.88. The van der Waals surface area contributed by atoms with Crippen molar-refractivity contribution in [2.75, 3.05) is 44.8 Å². The first-order valence-corrected chi connectivity index (χ1v) is 19.2. The van der Waals surface area contributed by atoms with Crippen LogP contribution in [-0.2, 0) is 20.4 Å². The lowest BCUT2D eigenvalue weighted by molar-refractivity contribution is -0.166. The third-order valence-electron chi connectivity index (χ3n) is 10.1. The van der Waals surface area contributed by atoms with E-state index in [1.165, 1.54) is 0 Å². The molecule has 12 nitrogen and oxygen atoms in total. The molecule has 5 heterocycles. The molecule has 3 atom stereocenters. The standard InChI is InChI=1S/C38H39F6N5O7S/c1-36(2,3)56-35(51)48-33-21(16-45)24-20(8-9-22(40)31(24)57-33)25-27(38(42,43)44)30(54-14-13-53-23-7-4-5-12-52-23)26-29(28(25)41)46-34(47-32(26)50)55-18-37-10-6-11-49(37)17-19(39)15-37/h8-9,19,23H,4-7,10-15,17-18H2,1-3H3,(H,48,51)(H,46,47,50)/t19-,23?,37+/m1/s1. The number of aromatic nitrogens is 2. The maximum atomic E-state index is 17.2. The van der Waals surface area contributed by atoms with Gasteiger partial charge in [0.2, 0.25) is 0 Å². The number of carbonyl (C=O) groups excluding carboxylic acids is 1. The number of thiophene rings is 1. The molecule has 3 saturated heterocycles. The number of anilines is 1. The Morgan fingerprint density at radius 2 is 1.95 bits per heavy atom. The van der Waals surface area contributed by atoms with Gasteiger partial charge in [0, 0.05) is 30.5 Å². The van der Waals surface area contributed by atoms with Crippen LogP contribution in [0.5, 0.6) is 11.8 Å². The summed E-state index contributed by atoms with van der Waals surface area (Å²) in [5.74, 6) is -3.73. The predicted octanol–water partition coefficient (Wildman–Crippen LogP) is 8.20. The normalized spacial score (nSPS) is 21.5. The van der Waals surface area contributed by atoms with Crippen molar-refractivity contribution < 1.29 is 54.8 Å². The average molecular weight is 824 g/mol. The number of ether oxygens (including phenoxy) is 5. The molecule has 306 valence electrons. The number of hydrogen-bond acceptors (Lipinski definition) is 11. The number of rotatable bonds is 10. The first-order valence-electron chi connectivity index (χ1n) is 18.4. The molecular formula is C38H39F6N5O7S. The summed E-state index contributed by atoms with van der Waals surface area (Å²) in [6.45, 7) is 4.99. The van der Waals surface area contributed by atoms with Gasteiger partial charge in [-0.3, -0.25) is 20.0 Å². The van der Waals surface area contributed by atoms with Gasteiger partial charge < -0.3 is 23.7 Å². The van der Waals surface area contributed by atoms with E-state index in [0.717, 1.165) is 31.4 Å². The van der Waals surface area contributed by atoms with Gasteiger partial charge in [0.15, 0.2) is 12.1 Å². The molecule has 3 aliphatic heterocycles. The molecule has 0 bridgehead atoms. The topological polar surface area (TPSA) is 148 Å². The van der Waals surface area contributed by atoms with Crippen LogP contribution in [0.15, 0.2) is 16.9 Å². The number of halogens is 6. The van der Waals surface area contributed by atoms with Gasteiger partial charge in [-0.1, -0.05) is 6.07 Å². The number of nitriles is 1. The number of H-pyrrole nitrogens is 1. The SMILES string of the molecule is CC(C)(C)OC(=O)Nc1sc2c(F)ccc(-c3c(C(F)(F)F)c(OCCOC4CCCCO4)c4c(=O)[nH]c(OC[C@@]56CCCN5C[C@H](F)C6)nc4c3F)c2c1C#N. The number of nitrogens with one attached hydrogen (secondary N) is 2.